The van der Waals surface area contributed by atoms with Crippen LogP contribution in [0.4, 0.5) is 0 Å². The van der Waals surface area contributed by atoms with Gasteiger partial charge in [0.1, 0.15) is 6.10 Å². The van der Waals surface area contributed by atoms with Gasteiger partial charge in [0.15, 0.2) is 11.5 Å². The molecule has 2 aliphatic heterocycles. The highest BCUT2D eigenvalue weighted by molar-refractivity contribution is 6.31. The van der Waals surface area contributed by atoms with Crippen molar-refractivity contribution in [1.82, 2.24) is 0 Å². The van der Waals surface area contributed by atoms with Gasteiger partial charge < -0.3 is 23.8 Å². The third-order valence-electron chi connectivity index (χ3n) is 4.40. The second-order valence-corrected chi connectivity index (χ2v) is 6.46. The van der Waals surface area contributed by atoms with Crippen LogP contribution in [0.5, 0.6) is 23.0 Å². The summed E-state index contributed by atoms with van der Waals surface area (Å²) in [5.74, 6) is 2.37. The van der Waals surface area contributed by atoms with Crippen molar-refractivity contribution in [2.24, 2.45) is 5.16 Å². The molecule has 1 atom stereocenters. The number of fused-ring (bicyclic) bond motifs is 1. The molecule has 0 amide bonds. The number of oxime groups is 1. The molecule has 2 heterocycles. The minimum Gasteiger partial charge on any atom is -0.492 e. The molecule has 136 valence electrons. The standard InChI is InChI=1S/C19H18ClNO5/c1-22-17-12(8-16-18(19(17)23-2)25-10-24-16)7-14-9-15(21-26-14)11-4-3-5-13(20)6-11/h3-6,8,14H,7,9-10H2,1-2H3/t14-/m0/s1. The Bertz CT molecular complexity index is 867. The van der Waals surface area contributed by atoms with Crippen LogP contribution in [0.2, 0.25) is 5.02 Å². The van der Waals surface area contributed by atoms with Crippen LogP contribution in [0.3, 0.4) is 0 Å². The summed E-state index contributed by atoms with van der Waals surface area (Å²) >= 11 is 6.06. The Kier molecular flexibility index (Phi) is 4.51. The zero-order valence-electron chi connectivity index (χ0n) is 14.5. The molecule has 26 heavy (non-hydrogen) atoms. The Hall–Kier alpha value is -2.60. The van der Waals surface area contributed by atoms with Crippen molar-refractivity contribution in [2.75, 3.05) is 21.0 Å². The van der Waals surface area contributed by atoms with Crippen molar-refractivity contribution in [3.8, 4) is 23.0 Å². The second kappa shape index (κ2) is 6.96. The van der Waals surface area contributed by atoms with Crippen molar-refractivity contribution < 1.29 is 23.8 Å². The number of hydrogen-bond donors (Lipinski definition) is 0. The van der Waals surface area contributed by atoms with E-state index in [2.05, 4.69) is 5.16 Å². The molecular weight excluding hydrogens is 358 g/mol. The first kappa shape index (κ1) is 16.8. The lowest BCUT2D eigenvalue weighted by Gasteiger charge is -2.16. The number of halogens is 1. The van der Waals surface area contributed by atoms with Gasteiger partial charge in [-0.25, -0.2) is 0 Å². The number of methoxy groups -OCH3 is 2. The summed E-state index contributed by atoms with van der Waals surface area (Å²) in [6.07, 6.45) is 1.17. The van der Waals surface area contributed by atoms with Crippen LogP contribution < -0.4 is 18.9 Å². The van der Waals surface area contributed by atoms with E-state index in [0.717, 1.165) is 16.8 Å². The first-order chi connectivity index (χ1) is 12.7. The highest BCUT2D eigenvalue weighted by atomic mass is 35.5. The van der Waals surface area contributed by atoms with Crippen molar-refractivity contribution >= 4 is 17.3 Å². The van der Waals surface area contributed by atoms with E-state index in [4.69, 9.17) is 35.4 Å². The van der Waals surface area contributed by atoms with E-state index < -0.39 is 0 Å². The molecule has 2 aliphatic rings. The molecule has 0 radical (unpaired) electrons. The predicted octanol–water partition coefficient (Wildman–Crippen LogP) is 3.82. The summed E-state index contributed by atoms with van der Waals surface area (Å²) in [5.41, 5.74) is 2.76. The third-order valence-corrected chi connectivity index (χ3v) is 4.63. The van der Waals surface area contributed by atoms with Gasteiger partial charge in [0, 0.05) is 29.0 Å². The molecule has 0 fully saturated rings. The molecular formula is C19H18ClNO5. The smallest absolute Gasteiger partial charge is 0.231 e. The minimum atomic E-state index is -0.108. The van der Waals surface area contributed by atoms with Crippen LogP contribution in [0.15, 0.2) is 35.5 Å². The normalized spacial score (nSPS) is 17.7. The number of rotatable bonds is 5. The van der Waals surface area contributed by atoms with Gasteiger partial charge in [-0.3, -0.25) is 0 Å². The summed E-state index contributed by atoms with van der Waals surface area (Å²) in [6.45, 7) is 0.167. The molecule has 0 aromatic heterocycles. The number of hydrogen-bond acceptors (Lipinski definition) is 6. The van der Waals surface area contributed by atoms with Gasteiger partial charge in [0.25, 0.3) is 0 Å². The Morgan fingerprint density at radius 3 is 2.77 bits per heavy atom. The topological polar surface area (TPSA) is 58.5 Å². The zero-order valence-corrected chi connectivity index (χ0v) is 15.2. The molecule has 7 heteroatoms. The molecule has 2 aromatic carbocycles. The molecule has 0 N–H and O–H groups in total. The molecule has 0 unspecified atom stereocenters. The first-order valence-electron chi connectivity index (χ1n) is 8.21. The van der Waals surface area contributed by atoms with E-state index in [1.165, 1.54) is 0 Å². The average Bonchev–Trinajstić information content (AvgIpc) is 3.29. The maximum absolute atomic E-state index is 6.06. The average molecular weight is 376 g/mol. The number of ether oxygens (including phenoxy) is 4. The van der Waals surface area contributed by atoms with E-state index in [0.29, 0.717) is 40.9 Å². The lowest BCUT2D eigenvalue weighted by Crippen LogP contribution is -2.13. The molecule has 0 saturated heterocycles. The molecule has 0 bridgehead atoms. The monoisotopic (exact) mass is 375 g/mol. The zero-order chi connectivity index (χ0) is 18.1. The third kappa shape index (κ3) is 3.01. The maximum atomic E-state index is 6.06. The maximum Gasteiger partial charge on any atom is 0.231 e. The van der Waals surface area contributed by atoms with Gasteiger partial charge in [-0.2, -0.15) is 0 Å². The summed E-state index contributed by atoms with van der Waals surface area (Å²) in [5, 5.41) is 4.90. The van der Waals surface area contributed by atoms with Crippen LogP contribution in [0.25, 0.3) is 0 Å². The van der Waals surface area contributed by atoms with Gasteiger partial charge >= 0.3 is 0 Å². The fourth-order valence-corrected chi connectivity index (χ4v) is 3.42. The fraction of sp³-hybridized carbons (Fsp3) is 0.316. The Balaban J connectivity index is 1.56. The largest absolute Gasteiger partial charge is 0.492 e. The van der Waals surface area contributed by atoms with Gasteiger partial charge in [0.05, 0.1) is 19.9 Å². The van der Waals surface area contributed by atoms with E-state index in [1.54, 1.807) is 14.2 Å². The van der Waals surface area contributed by atoms with Crippen LogP contribution in [0, 0.1) is 0 Å². The predicted molar refractivity (Wildman–Crippen MR) is 96.9 cm³/mol. The van der Waals surface area contributed by atoms with Crippen LogP contribution in [-0.2, 0) is 11.3 Å². The van der Waals surface area contributed by atoms with Crippen LogP contribution >= 0.6 is 11.6 Å². The van der Waals surface area contributed by atoms with E-state index in [1.807, 2.05) is 30.3 Å². The first-order valence-corrected chi connectivity index (χ1v) is 8.59. The molecule has 0 aliphatic carbocycles. The molecule has 0 saturated carbocycles. The lowest BCUT2D eigenvalue weighted by molar-refractivity contribution is 0.0853. The molecule has 2 aromatic rings. The second-order valence-electron chi connectivity index (χ2n) is 6.02. The van der Waals surface area contributed by atoms with E-state index >= 15 is 0 Å². The summed E-state index contributed by atoms with van der Waals surface area (Å²) in [4.78, 5) is 5.63. The number of nitrogens with zero attached hydrogens (tertiary/aromatic N) is 1. The van der Waals surface area contributed by atoms with Crippen molar-refractivity contribution in [3.05, 3.63) is 46.5 Å². The lowest BCUT2D eigenvalue weighted by atomic mass is 9.99. The van der Waals surface area contributed by atoms with Crippen molar-refractivity contribution in [1.29, 1.82) is 0 Å². The minimum absolute atomic E-state index is 0.108. The highest BCUT2D eigenvalue weighted by Crippen LogP contribution is 2.49. The van der Waals surface area contributed by atoms with Gasteiger partial charge in [-0.05, 0) is 18.2 Å². The SMILES string of the molecule is COc1c(C[C@H]2CC(c3cccc(Cl)c3)=NO2)cc2c(c1OC)OCO2. The van der Waals surface area contributed by atoms with E-state index in [9.17, 15) is 0 Å². The molecule has 6 nitrogen and oxygen atoms in total. The number of benzene rings is 2. The van der Waals surface area contributed by atoms with Crippen molar-refractivity contribution in [3.63, 3.8) is 0 Å². The van der Waals surface area contributed by atoms with Gasteiger partial charge in [-0.1, -0.05) is 28.9 Å². The summed E-state index contributed by atoms with van der Waals surface area (Å²) in [7, 11) is 3.18. The molecule has 4 rings (SSSR count). The Labute approximate surface area is 156 Å². The Morgan fingerprint density at radius 2 is 2.00 bits per heavy atom. The fourth-order valence-electron chi connectivity index (χ4n) is 3.23. The van der Waals surface area contributed by atoms with Crippen LogP contribution in [0.1, 0.15) is 17.5 Å². The molecule has 0 spiro atoms. The highest BCUT2D eigenvalue weighted by Gasteiger charge is 2.29. The Morgan fingerprint density at radius 1 is 1.15 bits per heavy atom. The van der Waals surface area contributed by atoms with Gasteiger partial charge in [0.2, 0.25) is 18.3 Å². The van der Waals surface area contributed by atoms with Gasteiger partial charge in [-0.15, -0.1) is 0 Å². The van der Waals surface area contributed by atoms with Crippen LogP contribution in [-0.4, -0.2) is 32.8 Å². The van der Waals surface area contributed by atoms with Crippen molar-refractivity contribution in [2.45, 2.75) is 18.9 Å². The van der Waals surface area contributed by atoms with E-state index in [-0.39, 0.29) is 12.9 Å². The summed E-state index contributed by atoms with van der Waals surface area (Å²) in [6, 6.07) is 9.50. The summed E-state index contributed by atoms with van der Waals surface area (Å²) < 4.78 is 22.0. The quantitative estimate of drug-likeness (QED) is 0.795.